The quantitative estimate of drug-likeness (QED) is 0.527. The fourth-order valence-electron chi connectivity index (χ4n) is 1.63. The Balaban J connectivity index is 2.37. The highest BCUT2D eigenvalue weighted by Gasteiger charge is 2.20. The molecular weight excluding hydrogens is 258 g/mol. The minimum Gasteiger partial charge on any atom is -0.347 e. The van der Waals surface area contributed by atoms with Crippen molar-refractivity contribution >= 4 is 18.2 Å². The fourth-order valence-corrected chi connectivity index (χ4v) is 1.63. The van der Waals surface area contributed by atoms with Gasteiger partial charge in [0.1, 0.15) is 0 Å². The number of nitrogens with two attached hydrogens (primary N) is 1. The zero-order valence-electron chi connectivity index (χ0n) is 11.2. The van der Waals surface area contributed by atoms with Gasteiger partial charge in [0.15, 0.2) is 0 Å². The molecule has 0 spiro atoms. The smallest absolute Gasteiger partial charge is 0.318 e. The molecule has 1 aromatic rings. The van der Waals surface area contributed by atoms with Gasteiger partial charge in [0.05, 0.1) is 0 Å². The topological polar surface area (TPSA) is 92.5 Å². The Kier molecular flexibility index (Phi) is 6.99. The zero-order valence-corrected chi connectivity index (χ0v) is 11.2. The maximum Gasteiger partial charge on any atom is 0.318 e. The van der Waals surface area contributed by atoms with Crippen LogP contribution in [0.3, 0.4) is 0 Å². The SMILES string of the molecule is NCCCN(C=O)C(=O)C(=O)NCCc1ccccc1. The molecule has 0 aromatic heterocycles. The lowest BCUT2D eigenvalue weighted by atomic mass is 10.1. The monoisotopic (exact) mass is 277 g/mol. The molecule has 6 heteroatoms. The van der Waals surface area contributed by atoms with E-state index in [4.69, 9.17) is 5.73 Å². The summed E-state index contributed by atoms with van der Waals surface area (Å²) in [4.78, 5) is 34.8. The Morgan fingerprint density at radius 2 is 1.95 bits per heavy atom. The van der Waals surface area contributed by atoms with E-state index in [9.17, 15) is 14.4 Å². The van der Waals surface area contributed by atoms with E-state index in [1.807, 2.05) is 30.3 Å². The summed E-state index contributed by atoms with van der Waals surface area (Å²) < 4.78 is 0. The van der Waals surface area contributed by atoms with E-state index in [-0.39, 0.29) is 6.54 Å². The lowest BCUT2D eigenvalue weighted by molar-refractivity contribution is -0.148. The summed E-state index contributed by atoms with van der Waals surface area (Å²) in [7, 11) is 0. The molecule has 3 amide bonds. The Morgan fingerprint density at radius 1 is 1.25 bits per heavy atom. The molecule has 0 heterocycles. The number of nitrogens with zero attached hydrogens (tertiary/aromatic N) is 1. The van der Waals surface area contributed by atoms with Gasteiger partial charge in [0.2, 0.25) is 6.41 Å². The minimum absolute atomic E-state index is 0.158. The van der Waals surface area contributed by atoms with Gasteiger partial charge in [-0.1, -0.05) is 30.3 Å². The van der Waals surface area contributed by atoms with Crippen LogP contribution in [0.5, 0.6) is 0 Å². The molecule has 0 radical (unpaired) electrons. The Bertz CT molecular complexity index is 448. The molecule has 3 N–H and O–H groups in total. The molecule has 0 saturated carbocycles. The predicted octanol–water partition coefficient (Wildman–Crippen LogP) is -0.321. The Hall–Kier alpha value is -2.21. The normalized spacial score (nSPS) is 9.85. The van der Waals surface area contributed by atoms with Crippen LogP contribution in [-0.2, 0) is 20.8 Å². The first-order valence-electron chi connectivity index (χ1n) is 6.47. The Labute approximate surface area is 117 Å². The summed E-state index contributed by atoms with van der Waals surface area (Å²) in [5, 5.41) is 2.50. The van der Waals surface area contributed by atoms with Gasteiger partial charge in [0.25, 0.3) is 0 Å². The molecule has 0 fully saturated rings. The number of hydrogen-bond acceptors (Lipinski definition) is 4. The molecule has 108 valence electrons. The van der Waals surface area contributed by atoms with Gasteiger partial charge in [-0.2, -0.15) is 0 Å². The van der Waals surface area contributed by atoms with Crippen LogP contribution in [0.4, 0.5) is 0 Å². The van der Waals surface area contributed by atoms with Gasteiger partial charge in [-0.15, -0.1) is 0 Å². The van der Waals surface area contributed by atoms with Crippen LogP contribution in [0, 0.1) is 0 Å². The average molecular weight is 277 g/mol. The van der Waals surface area contributed by atoms with Crippen molar-refractivity contribution in [3.05, 3.63) is 35.9 Å². The average Bonchev–Trinajstić information content (AvgIpc) is 2.48. The summed E-state index contributed by atoms with van der Waals surface area (Å²) in [5.41, 5.74) is 6.36. The first-order valence-corrected chi connectivity index (χ1v) is 6.47. The number of benzene rings is 1. The first kappa shape index (κ1) is 15.8. The third kappa shape index (κ3) is 5.19. The fraction of sp³-hybridized carbons (Fsp3) is 0.357. The van der Waals surface area contributed by atoms with E-state index < -0.39 is 11.8 Å². The molecule has 1 aromatic carbocycles. The second-order valence-corrected chi connectivity index (χ2v) is 4.24. The molecule has 0 aliphatic heterocycles. The van der Waals surface area contributed by atoms with Crippen molar-refractivity contribution < 1.29 is 14.4 Å². The van der Waals surface area contributed by atoms with E-state index in [0.717, 1.165) is 10.5 Å². The number of imide groups is 1. The number of nitrogens with one attached hydrogen (secondary N) is 1. The largest absolute Gasteiger partial charge is 0.347 e. The van der Waals surface area contributed by atoms with Crippen LogP contribution in [-0.4, -0.2) is 42.8 Å². The van der Waals surface area contributed by atoms with E-state index in [2.05, 4.69) is 5.32 Å². The van der Waals surface area contributed by atoms with Crippen LogP contribution in [0.25, 0.3) is 0 Å². The van der Waals surface area contributed by atoms with E-state index in [1.54, 1.807) is 0 Å². The number of rotatable bonds is 7. The van der Waals surface area contributed by atoms with Crippen molar-refractivity contribution in [2.75, 3.05) is 19.6 Å². The van der Waals surface area contributed by atoms with Gasteiger partial charge in [-0.05, 0) is 24.9 Å². The van der Waals surface area contributed by atoms with Crippen molar-refractivity contribution in [1.29, 1.82) is 0 Å². The number of hydrogen-bond donors (Lipinski definition) is 2. The standard InChI is InChI=1S/C14H19N3O3/c15-8-4-10-17(11-18)14(20)13(19)16-9-7-12-5-2-1-3-6-12/h1-3,5-6,11H,4,7-10,15H2,(H,16,19). The summed E-state index contributed by atoms with van der Waals surface area (Å²) in [6.07, 6.45) is 1.46. The van der Waals surface area contributed by atoms with Crippen molar-refractivity contribution in [3.63, 3.8) is 0 Å². The minimum atomic E-state index is -0.846. The van der Waals surface area contributed by atoms with Crippen molar-refractivity contribution in [3.8, 4) is 0 Å². The third-order valence-corrected chi connectivity index (χ3v) is 2.73. The van der Waals surface area contributed by atoms with Gasteiger partial charge in [-0.25, -0.2) is 0 Å². The van der Waals surface area contributed by atoms with Gasteiger partial charge < -0.3 is 11.1 Å². The summed E-state index contributed by atoms with van der Waals surface area (Å²) in [6.45, 7) is 0.857. The lowest BCUT2D eigenvalue weighted by Gasteiger charge is -2.14. The molecule has 20 heavy (non-hydrogen) atoms. The zero-order chi connectivity index (χ0) is 14.8. The van der Waals surface area contributed by atoms with E-state index in [0.29, 0.717) is 32.3 Å². The molecule has 0 aliphatic carbocycles. The molecule has 0 saturated heterocycles. The maximum atomic E-state index is 11.7. The van der Waals surface area contributed by atoms with Gasteiger partial charge in [0, 0.05) is 13.1 Å². The summed E-state index contributed by atoms with van der Waals surface area (Å²) in [6, 6.07) is 9.59. The van der Waals surface area contributed by atoms with Crippen molar-refractivity contribution in [2.24, 2.45) is 5.73 Å². The lowest BCUT2D eigenvalue weighted by Crippen LogP contribution is -2.43. The molecule has 0 bridgehead atoms. The Morgan fingerprint density at radius 3 is 2.55 bits per heavy atom. The second-order valence-electron chi connectivity index (χ2n) is 4.24. The highest BCUT2D eigenvalue weighted by Crippen LogP contribution is 1.98. The predicted molar refractivity (Wildman–Crippen MR) is 74.6 cm³/mol. The van der Waals surface area contributed by atoms with E-state index >= 15 is 0 Å². The van der Waals surface area contributed by atoms with Crippen LogP contribution in [0.1, 0.15) is 12.0 Å². The van der Waals surface area contributed by atoms with E-state index in [1.165, 1.54) is 0 Å². The summed E-state index contributed by atoms with van der Waals surface area (Å²) in [5.74, 6) is -1.62. The maximum absolute atomic E-state index is 11.7. The van der Waals surface area contributed by atoms with Crippen LogP contribution in [0.2, 0.25) is 0 Å². The number of carbonyl (C=O) groups is 3. The summed E-state index contributed by atoms with van der Waals surface area (Å²) >= 11 is 0. The van der Waals surface area contributed by atoms with Crippen LogP contribution < -0.4 is 11.1 Å². The van der Waals surface area contributed by atoms with Crippen molar-refractivity contribution in [1.82, 2.24) is 10.2 Å². The first-order chi connectivity index (χ1) is 9.69. The molecule has 0 aliphatic rings. The van der Waals surface area contributed by atoms with Gasteiger partial charge >= 0.3 is 11.8 Å². The highest BCUT2D eigenvalue weighted by atomic mass is 16.2. The highest BCUT2D eigenvalue weighted by molar-refractivity contribution is 6.36. The molecule has 1 rings (SSSR count). The van der Waals surface area contributed by atoms with Crippen LogP contribution in [0.15, 0.2) is 30.3 Å². The van der Waals surface area contributed by atoms with Crippen LogP contribution >= 0.6 is 0 Å². The molecule has 0 atom stereocenters. The number of amides is 3. The number of carbonyl (C=O) groups excluding carboxylic acids is 3. The third-order valence-electron chi connectivity index (χ3n) is 2.73. The van der Waals surface area contributed by atoms with Gasteiger partial charge in [-0.3, -0.25) is 19.3 Å². The second kappa shape index (κ2) is 8.82. The molecule has 6 nitrogen and oxygen atoms in total. The molecule has 0 unspecified atom stereocenters. The molecular formula is C14H19N3O3. The van der Waals surface area contributed by atoms with Crippen molar-refractivity contribution in [2.45, 2.75) is 12.8 Å².